The molecule has 0 bridgehead atoms. The second-order valence-electron chi connectivity index (χ2n) is 6.43. The van der Waals surface area contributed by atoms with E-state index >= 15 is 0 Å². The van der Waals surface area contributed by atoms with Crippen LogP contribution in [0.1, 0.15) is 52.4 Å². The Balaban J connectivity index is 0.00000220. The van der Waals surface area contributed by atoms with E-state index in [2.05, 4.69) is 29.4 Å². The quantitative estimate of drug-likeness (QED) is 0.418. The van der Waals surface area contributed by atoms with E-state index < -0.39 is 0 Å². The summed E-state index contributed by atoms with van der Waals surface area (Å²) in [5, 5.41) is 6.96. The van der Waals surface area contributed by atoms with Crippen LogP contribution in [0.2, 0.25) is 0 Å². The predicted octanol–water partition coefficient (Wildman–Crippen LogP) is 2.83. The van der Waals surface area contributed by atoms with Crippen molar-refractivity contribution in [2.45, 2.75) is 58.4 Å². The van der Waals surface area contributed by atoms with E-state index in [1.807, 2.05) is 0 Å². The lowest BCUT2D eigenvalue weighted by molar-refractivity contribution is 0.189. The molecular weight excluding hydrogens is 375 g/mol. The molecule has 2 fully saturated rings. The Bertz CT molecular complexity index is 303. The maximum absolute atomic E-state index is 4.75. The summed E-state index contributed by atoms with van der Waals surface area (Å²) in [6.45, 7) is 9.97. The van der Waals surface area contributed by atoms with Gasteiger partial charge in [0.15, 0.2) is 5.96 Å². The minimum Gasteiger partial charge on any atom is -0.357 e. The molecule has 1 saturated carbocycles. The van der Waals surface area contributed by atoms with Crippen LogP contribution in [0.4, 0.5) is 0 Å². The zero-order valence-corrected chi connectivity index (χ0v) is 16.1. The number of piperidine rings is 1. The molecule has 1 heterocycles. The van der Waals surface area contributed by atoms with Gasteiger partial charge in [-0.15, -0.1) is 24.0 Å². The van der Waals surface area contributed by atoms with E-state index in [-0.39, 0.29) is 24.0 Å². The zero-order chi connectivity index (χ0) is 14.2. The Kier molecular flexibility index (Phi) is 9.64. The lowest BCUT2D eigenvalue weighted by atomic mass is 10.0. The summed E-state index contributed by atoms with van der Waals surface area (Å²) in [4.78, 5) is 7.32. The first-order valence-corrected chi connectivity index (χ1v) is 8.55. The van der Waals surface area contributed by atoms with Crippen molar-refractivity contribution in [2.24, 2.45) is 10.9 Å². The Morgan fingerprint density at radius 3 is 2.62 bits per heavy atom. The summed E-state index contributed by atoms with van der Waals surface area (Å²) >= 11 is 0. The predicted molar refractivity (Wildman–Crippen MR) is 102 cm³/mol. The summed E-state index contributed by atoms with van der Waals surface area (Å²) < 4.78 is 0. The molecule has 0 aromatic carbocycles. The molecule has 2 aliphatic rings. The number of rotatable bonds is 5. The molecular formula is C16H33IN4. The molecule has 0 amide bonds. The van der Waals surface area contributed by atoms with Gasteiger partial charge in [0.2, 0.25) is 0 Å². The molecule has 1 atom stereocenters. The minimum absolute atomic E-state index is 0. The molecule has 4 nitrogen and oxygen atoms in total. The monoisotopic (exact) mass is 408 g/mol. The number of hydrogen-bond donors (Lipinski definition) is 2. The van der Waals surface area contributed by atoms with Crippen molar-refractivity contribution in [3.8, 4) is 0 Å². The first-order chi connectivity index (χ1) is 9.78. The van der Waals surface area contributed by atoms with Gasteiger partial charge in [-0.2, -0.15) is 0 Å². The van der Waals surface area contributed by atoms with Gasteiger partial charge >= 0.3 is 0 Å². The summed E-state index contributed by atoms with van der Waals surface area (Å²) in [5.74, 6) is 1.88. The van der Waals surface area contributed by atoms with Crippen molar-refractivity contribution in [3.05, 3.63) is 0 Å². The SMILES string of the molecule is CCNC(=NCCN1CCCC(C)C1)NC1CCCC1.I. The molecule has 1 aliphatic heterocycles. The van der Waals surface area contributed by atoms with E-state index in [4.69, 9.17) is 4.99 Å². The second kappa shape index (κ2) is 10.6. The van der Waals surface area contributed by atoms with Crippen LogP contribution in [-0.4, -0.2) is 49.6 Å². The number of aliphatic imine (C=N–C) groups is 1. The first kappa shape index (κ1) is 19.0. The van der Waals surface area contributed by atoms with Crippen LogP contribution in [-0.2, 0) is 0 Å². The van der Waals surface area contributed by atoms with Crippen molar-refractivity contribution in [2.75, 3.05) is 32.7 Å². The number of halogens is 1. The summed E-state index contributed by atoms with van der Waals surface area (Å²) in [6.07, 6.45) is 8.07. The second-order valence-corrected chi connectivity index (χ2v) is 6.43. The maximum Gasteiger partial charge on any atom is 0.191 e. The molecule has 21 heavy (non-hydrogen) atoms. The van der Waals surface area contributed by atoms with E-state index in [0.29, 0.717) is 6.04 Å². The highest BCUT2D eigenvalue weighted by atomic mass is 127. The van der Waals surface area contributed by atoms with Crippen LogP contribution in [0.25, 0.3) is 0 Å². The minimum atomic E-state index is 0. The highest BCUT2D eigenvalue weighted by molar-refractivity contribution is 14.0. The largest absolute Gasteiger partial charge is 0.357 e. The number of nitrogens with zero attached hydrogens (tertiary/aromatic N) is 2. The Morgan fingerprint density at radius 2 is 1.95 bits per heavy atom. The van der Waals surface area contributed by atoms with Gasteiger partial charge in [-0.25, -0.2) is 0 Å². The molecule has 1 aliphatic carbocycles. The van der Waals surface area contributed by atoms with Crippen LogP contribution >= 0.6 is 24.0 Å². The van der Waals surface area contributed by atoms with Gasteiger partial charge in [0.25, 0.3) is 0 Å². The summed E-state index contributed by atoms with van der Waals surface area (Å²) in [7, 11) is 0. The van der Waals surface area contributed by atoms with Gasteiger partial charge in [0.1, 0.15) is 0 Å². The normalized spacial score (nSPS) is 24.7. The van der Waals surface area contributed by atoms with Crippen molar-refractivity contribution >= 4 is 29.9 Å². The summed E-state index contributed by atoms with van der Waals surface area (Å²) in [6, 6.07) is 0.641. The molecule has 2 N–H and O–H groups in total. The van der Waals surface area contributed by atoms with Crippen molar-refractivity contribution in [3.63, 3.8) is 0 Å². The standard InChI is InChI=1S/C16H32N4.HI/c1-3-17-16(19-15-8-4-5-9-15)18-10-12-20-11-6-7-14(2)13-20;/h14-15H,3-13H2,1-2H3,(H2,17,18,19);1H. The van der Waals surface area contributed by atoms with Gasteiger partial charge in [0, 0.05) is 25.7 Å². The van der Waals surface area contributed by atoms with Gasteiger partial charge < -0.3 is 15.5 Å². The average Bonchev–Trinajstić information content (AvgIpc) is 2.92. The molecule has 1 unspecified atom stereocenters. The third-order valence-electron chi connectivity index (χ3n) is 4.47. The average molecular weight is 408 g/mol. The fourth-order valence-corrected chi connectivity index (χ4v) is 3.38. The first-order valence-electron chi connectivity index (χ1n) is 8.55. The van der Waals surface area contributed by atoms with E-state index in [9.17, 15) is 0 Å². The van der Waals surface area contributed by atoms with Crippen LogP contribution in [0.3, 0.4) is 0 Å². The van der Waals surface area contributed by atoms with Gasteiger partial charge in [-0.1, -0.05) is 19.8 Å². The Morgan fingerprint density at radius 1 is 1.19 bits per heavy atom. The number of nitrogens with one attached hydrogen (secondary N) is 2. The smallest absolute Gasteiger partial charge is 0.191 e. The fourth-order valence-electron chi connectivity index (χ4n) is 3.38. The van der Waals surface area contributed by atoms with Crippen molar-refractivity contribution in [1.29, 1.82) is 0 Å². The number of likely N-dealkylation sites (tertiary alicyclic amines) is 1. The molecule has 0 radical (unpaired) electrons. The van der Waals surface area contributed by atoms with Crippen LogP contribution < -0.4 is 10.6 Å². The van der Waals surface area contributed by atoms with Gasteiger partial charge in [0.05, 0.1) is 6.54 Å². The third kappa shape index (κ3) is 7.17. The zero-order valence-electron chi connectivity index (χ0n) is 13.7. The van der Waals surface area contributed by atoms with Crippen LogP contribution in [0.15, 0.2) is 4.99 Å². The van der Waals surface area contributed by atoms with Crippen LogP contribution in [0.5, 0.6) is 0 Å². The highest BCUT2D eigenvalue weighted by Gasteiger charge is 2.17. The molecule has 0 aromatic heterocycles. The lowest BCUT2D eigenvalue weighted by Gasteiger charge is -2.30. The number of hydrogen-bond acceptors (Lipinski definition) is 2. The molecule has 124 valence electrons. The molecule has 0 aromatic rings. The fraction of sp³-hybridized carbons (Fsp3) is 0.938. The van der Waals surface area contributed by atoms with E-state index in [1.165, 1.54) is 51.6 Å². The molecule has 1 saturated heterocycles. The molecule has 2 rings (SSSR count). The lowest BCUT2D eigenvalue weighted by Crippen LogP contribution is -2.43. The van der Waals surface area contributed by atoms with Crippen LogP contribution in [0, 0.1) is 5.92 Å². The van der Waals surface area contributed by atoms with E-state index in [1.54, 1.807) is 0 Å². The Labute approximate surface area is 147 Å². The number of guanidine groups is 1. The maximum atomic E-state index is 4.75. The topological polar surface area (TPSA) is 39.7 Å². The van der Waals surface area contributed by atoms with Crippen molar-refractivity contribution in [1.82, 2.24) is 15.5 Å². The summed E-state index contributed by atoms with van der Waals surface area (Å²) in [5.41, 5.74) is 0. The van der Waals surface area contributed by atoms with E-state index in [0.717, 1.165) is 31.5 Å². The molecule has 0 spiro atoms. The Hall–Kier alpha value is -0.0400. The molecule has 5 heteroatoms. The van der Waals surface area contributed by atoms with Crippen molar-refractivity contribution < 1.29 is 0 Å². The van der Waals surface area contributed by atoms with Gasteiger partial charge in [-0.3, -0.25) is 4.99 Å². The highest BCUT2D eigenvalue weighted by Crippen LogP contribution is 2.17. The third-order valence-corrected chi connectivity index (χ3v) is 4.47. The van der Waals surface area contributed by atoms with Gasteiger partial charge in [-0.05, 0) is 45.1 Å².